The first-order valence-corrected chi connectivity index (χ1v) is 5.81. The van der Waals surface area contributed by atoms with Crippen molar-refractivity contribution in [1.82, 2.24) is 4.98 Å². The number of aromatic nitrogens is 1. The zero-order valence-corrected chi connectivity index (χ0v) is 10.4. The van der Waals surface area contributed by atoms with E-state index in [4.69, 9.17) is 28.9 Å². The molecule has 2 rings (SSSR count). The molecule has 0 fully saturated rings. The lowest BCUT2D eigenvalue weighted by molar-refractivity contribution is 0.727. The van der Waals surface area contributed by atoms with Crippen molar-refractivity contribution >= 4 is 34.0 Å². The molecule has 1 unspecified atom stereocenters. The van der Waals surface area contributed by atoms with Gasteiger partial charge in [0.1, 0.15) is 0 Å². The molecule has 1 heterocycles. The maximum Gasteiger partial charge on any atom is 0.0517 e. The quantitative estimate of drug-likeness (QED) is 0.892. The molecule has 0 aliphatic rings. The number of pyridine rings is 1. The summed E-state index contributed by atoms with van der Waals surface area (Å²) < 4.78 is 0. The Kier molecular flexibility index (Phi) is 3.33. The maximum atomic E-state index is 6.19. The molecule has 84 valence electrons. The van der Waals surface area contributed by atoms with Crippen LogP contribution in [0.2, 0.25) is 10.0 Å². The Balaban J connectivity index is 2.66. The van der Waals surface area contributed by atoms with E-state index >= 15 is 0 Å². The molecule has 4 heteroatoms. The van der Waals surface area contributed by atoms with Gasteiger partial charge in [0, 0.05) is 29.1 Å². The van der Waals surface area contributed by atoms with Crippen LogP contribution in [0.25, 0.3) is 10.8 Å². The third-order valence-electron chi connectivity index (χ3n) is 2.37. The fourth-order valence-corrected chi connectivity index (χ4v) is 2.38. The molecule has 0 saturated carbocycles. The Morgan fingerprint density at radius 3 is 2.81 bits per heavy atom. The van der Waals surface area contributed by atoms with Gasteiger partial charge in [-0.25, -0.2) is 0 Å². The molecule has 2 nitrogen and oxygen atoms in total. The van der Waals surface area contributed by atoms with E-state index in [1.165, 1.54) is 0 Å². The summed E-state index contributed by atoms with van der Waals surface area (Å²) in [6.45, 7) is 1.95. The van der Waals surface area contributed by atoms with E-state index in [-0.39, 0.29) is 6.04 Å². The lowest BCUT2D eigenvalue weighted by atomic mass is 10.1. The Bertz CT molecular complexity index is 524. The largest absolute Gasteiger partial charge is 0.328 e. The van der Waals surface area contributed by atoms with Crippen molar-refractivity contribution in [3.63, 3.8) is 0 Å². The highest BCUT2D eigenvalue weighted by Gasteiger charge is 2.09. The first-order valence-electron chi connectivity index (χ1n) is 5.06. The average Bonchev–Trinajstić information content (AvgIpc) is 2.15. The smallest absolute Gasteiger partial charge is 0.0517 e. The molecule has 0 amide bonds. The SMILES string of the molecule is CC(N)Cc1nccc2cc(Cl)cc(Cl)c12. The van der Waals surface area contributed by atoms with Crippen molar-refractivity contribution in [3.05, 3.63) is 40.1 Å². The lowest BCUT2D eigenvalue weighted by Gasteiger charge is -2.09. The minimum atomic E-state index is 0.0600. The summed E-state index contributed by atoms with van der Waals surface area (Å²) in [6.07, 6.45) is 2.46. The van der Waals surface area contributed by atoms with Crippen LogP contribution in [-0.2, 0) is 6.42 Å². The van der Waals surface area contributed by atoms with Gasteiger partial charge in [-0.1, -0.05) is 23.2 Å². The molecule has 0 saturated heterocycles. The number of nitrogens with zero attached hydrogens (tertiary/aromatic N) is 1. The number of fused-ring (bicyclic) bond motifs is 1. The van der Waals surface area contributed by atoms with Gasteiger partial charge >= 0.3 is 0 Å². The second kappa shape index (κ2) is 4.58. The number of nitrogens with two attached hydrogens (primary N) is 1. The Hall–Kier alpha value is -0.830. The van der Waals surface area contributed by atoms with E-state index in [1.54, 1.807) is 12.3 Å². The Morgan fingerprint density at radius 1 is 1.38 bits per heavy atom. The molecule has 1 aromatic carbocycles. The molecule has 2 N–H and O–H groups in total. The Labute approximate surface area is 104 Å². The molecule has 0 spiro atoms. The average molecular weight is 255 g/mol. The van der Waals surface area contributed by atoms with E-state index in [1.807, 2.05) is 19.1 Å². The normalized spacial score (nSPS) is 13.0. The van der Waals surface area contributed by atoms with Gasteiger partial charge in [-0.15, -0.1) is 0 Å². The molecule has 2 aromatic rings. The minimum absolute atomic E-state index is 0.0600. The van der Waals surface area contributed by atoms with Crippen molar-refractivity contribution in [2.45, 2.75) is 19.4 Å². The van der Waals surface area contributed by atoms with Gasteiger partial charge in [-0.2, -0.15) is 0 Å². The van der Waals surface area contributed by atoms with Crippen LogP contribution in [0.3, 0.4) is 0 Å². The summed E-state index contributed by atoms with van der Waals surface area (Å²) in [5.74, 6) is 0. The summed E-state index contributed by atoms with van der Waals surface area (Å²) in [6, 6.07) is 5.58. The first-order chi connectivity index (χ1) is 7.58. The molecular weight excluding hydrogens is 243 g/mol. The van der Waals surface area contributed by atoms with Gasteiger partial charge in [0.15, 0.2) is 0 Å². The monoisotopic (exact) mass is 254 g/mol. The maximum absolute atomic E-state index is 6.19. The van der Waals surface area contributed by atoms with Crippen LogP contribution < -0.4 is 5.73 Å². The summed E-state index contributed by atoms with van der Waals surface area (Å²) in [5, 5.41) is 3.22. The molecule has 0 bridgehead atoms. The summed E-state index contributed by atoms with van der Waals surface area (Å²) in [7, 11) is 0. The highest BCUT2D eigenvalue weighted by molar-refractivity contribution is 6.38. The topological polar surface area (TPSA) is 38.9 Å². The molecule has 0 radical (unpaired) electrons. The molecule has 0 aliphatic heterocycles. The van der Waals surface area contributed by atoms with Gasteiger partial charge in [0.05, 0.1) is 10.7 Å². The highest BCUT2D eigenvalue weighted by Crippen LogP contribution is 2.29. The van der Waals surface area contributed by atoms with Gasteiger partial charge in [-0.05, 0) is 30.5 Å². The predicted molar refractivity (Wildman–Crippen MR) is 69.1 cm³/mol. The van der Waals surface area contributed by atoms with Gasteiger partial charge in [0.2, 0.25) is 0 Å². The van der Waals surface area contributed by atoms with Crippen molar-refractivity contribution in [2.75, 3.05) is 0 Å². The van der Waals surface area contributed by atoms with E-state index < -0.39 is 0 Å². The van der Waals surface area contributed by atoms with Gasteiger partial charge in [0.25, 0.3) is 0 Å². The highest BCUT2D eigenvalue weighted by atomic mass is 35.5. The van der Waals surface area contributed by atoms with Crippen LogP contribution in [0.4, 0.5) is 0 Å². The van der Waals surface area contributed by atoms with E-state index in [0.29, 0.717) is 16.5 Å². The van der Waals surface area contributed by atoms with E-state index in [9.17, 15) is 0 Å². The second-order valence-corrected chi connectivity index (χ2v) is 4.77. The van der Waals surface area contributed by atoms with Crippen molar-refractivity contribution in [1.29, 1.82) is 0 Å². The molecule has 16 heavy (non-hydrogen) atoms. The third-order valence-corrected chi connectivity index (χ3v) is 2.89. The van der Waals surface area contributed by atoms with Crippen molar-refractivity contribution in [2.24, 2.45) is 5.73 Å². The van der Waals surface area contributed by atoms with E-state index in [2.05, 4.69) is 4.98 Å². The Morgan fingerprint density at radius 2 is 2.12 bits per heavy atom. The van der Waals surface area contributed by atoms with Crippen LogP contribution in [0.15, 0.2) is 24.4 Å². The number of benzene rings is 1. The van der Waals surface area contributed by atoms with Gasteiger partial charge < -0.3 is 5.73 Å². The first kappa shape index (κ1) is 11.6. The zero-order chi connectivity index (χ0) is 11.7. The minimum Gasteiger partial charge on any atom is -0.328 e. The number of halogens is 2. The second-order valence-electron chi connectivity index (χ2n) is 3.92. The molecule has 0 aliphatic carbocycles. The molecule has 1 aromatic heterocycles. The number of hydrogen-bond donors (Lipinski definition) is 1. The van der Waals surface area contributed by atoms with Crippen molar-refractivity contribution < 1.29 is 0 Å². The van der Waals surface area contributed by atoms with Crippen LogP contribution in [0, 0.1) is 0 Å². The number of rotatable bonds is 2. The lowest BCUT2D eigenvalue weighted by Crippen LogP contribution is -2.18. The van der Waals surface area contributed by atoms with Crippen molar-refractivity contribution in [3.8, 4) is 0 Å². The predicted octanol–water partition coefficient (Wildman–Crippen LogP) is 3.43. The van der Waals surface area contributed by atoms with Crippen LogP contribution in [-0.4, -0.2) is 11.0 Å². The summed E-state index contributed by atoms with van der Waals surface area (Å²) in [5.41, 5.74) is 6.71. The number of hydrogen-bond acceptors (Lipinski definition) is 2. The standard InChI is InChI=1S/C12H12Cl2N2/c1-7(15)4-11-12-8(2-3-16-11)5-9(13)6-10(12)14/h2-3,5-7H,4,15H2,1H3. The third kappa shape index (κ3) is 2.29. The zero-order valence-electron chi connectivity index (χ0n) is 8.87. The summed E-state index contributed by atoms with van der Waals surface area (Å²) in [4.78, 5) is 4.33. The molecular formula is C12H12Cl2N2. The van der Waals surface area contributed by atoms with Crippen LogP contribution in [0.5, 0.6) is 0 Å². The van der Waals surface area contributed by atoms with Gasteiger partial charge in [-0.3, -0.25) is 4.98 Å². The fraction of sp³-hybridized carbons (Fsp3) is 0.250. The summed E-state index contributed by atoms with van der Waals surface area (Å²) >= 11 is 12.1. The fourth-order valence-electron chi connectivity index (χ4n) is 1.76. The van der Waals surface area contributed by atoms with E-state index in [0.717, 1.165) is 16.5 Å². The van der Waals surface area contributed by atoms with Crippen LogP contribution in [0.1, 0.15) is 12.6 Å². The molecule has 1 atom stereocenters. The van der Waals surface area contributed by atoms with Crippen LogP contribution >= 0.6 is 23.2 Å².